The molecule has 25 heavy (non-hydrogen) atoms. The predicted octanol–water partition coefficient (Wildman–Crippen LogP) is 1.94. The van der Waals surface area contributed by atoms with Crippen LogP contribution in [0.4, 0.5) is 0 Å². The second-order valence-corrected chi connectivity index (χ2v) is 5.78. The predicted molar refractivity (Wildman–Crippen MR) is 96.5 cm³/mol. The van der Waals surface area contributed by atoms with E-state index in [0.717, 1.165) is 11.1 Å². The molecule has 0 unspecified atom stereocenters. The van der Waals surface area contributed by atoms with Crippen LogP contribution in [0.1, 0.15) is 11.1 Å². The molecular formula is C18H21ClN2O4. The molecule has 0 heterocycles. The third-order valence-corrected chi connectivity index (χ3v) is 3.70. The highest BCUT2D eigenvalue weighted by Gasteiger charge is 2.13. The van der Waals surface area contributed by atoms with E-state index in [9.17, 15) is 9.59 Å². The maximum atomic E-state index is 10.4. The average molecular weight is 365 g/mol. The quantitative estimate of drug-likeness (QED) is 0.620. The van der Waals surface area contributed by atoms with Gasteiger partial charge in [-0.25, -0.2) is 0 Å². The Kier molecular flexibility index (Phi) is 8.63. The van der Waals surface area contributed by atoms with Crippen LogP contribution in [0.3, 0.4) is 0 Å². The molecule has 0 saturated carbocycles. The Labute approximate surface area is 151 Å². The molecule has 2 aromatic carbocycles. The molecule has 2 aromatic rings. The first-order chi connectivity index (χ1) is 11.8. The molecule has 2 rings (SSSR count). The van der Waals surface area contributed by atoms with E-state index in [1.54, 1.807) is 24.3 Å². The second-order valence-electron chi connectivity index (χ2n) is 5.37. The van der Waals surface area contributed by atoms with E-state index in [-0.39, 0.29) is 6.42 Å². The minimum Gasteiger partial charge on any atom is -0.480 e. The molecule has 0 aliphatic heterocycles. The fraction of sp³-hybridized carbons (Fsp3) is 0.222. The van der Waals surface area contributed by atoms with Crippen LogP contribution < -0.4 is 11.5 Å². The summed E-state index contributed by atoms with van der Waals surface area (Å²) in [7, 11) is 0. The molecule has 0 amide bonds. The summed E-state index contributed by atoms with van der Waals surface area (Å²) in [5.41, 5.74) is 12.4. The minimum absolute atomic E-state index is 0.259. The molecule has 0 fully saturated rings. The smallest absolute Gasteiger partial charge is 0.320 e. The van der Waals surface area contributed by atoms with Gasteiger partial charge in [-0.2, -0.15) is 0 Å². The van der Waals surface area contributed by atoms with Gasteiger partial charge in [0.05, 0.1) is 0 Å². The summed E-state index contributed by atoms with van der Waals surface area (Å²) in [6.45, 7) is 0. The summed E-state index contributed by atoms with van der Waals surface area (Å²) >= 11 is 5.82. The van der Waals surface area contributed by atoms with Crippen LogP contribution in [0.15, 0.2) is 54.6 Å². The van der Waals surface area contributed by atoms with Gasteiger partial charge in [-0.15, -0.1) is 0 Å². The first-order valence-corrected chi connectivity index (χ1v) is 7.93. The molecule has 7 heteroatoms. The van der Waals surface area contributed by atoms with Crippen LogP contribution >= 0.6 is 11.6 Å². The lowest BCUT2D eigenvalue weighted by Gasteiger charge is -2.07. The average Bonchev–Trinajstić information content (AvgIpc) is 2.58. The summed E-state index contributed by atoms with van der Waals surface area (Å²) in [5, 5.41) is 17.6. The number of carboxylic acids is 2. The second kappa shape index (κ2) is 10.5. The lowest BCUT2D eigenvalue weighted by molar-refractivity contribution is -0.139. The van der Waals surface area contributed by atoms with Crippen molar-refractivity contribution in [3.8, 4) is 0 Å². The van der Waals surface area contributed by atoms with Crippen molar-refractivity contribution in [1.82, 2.24) is 0 Å². The third kappa shape index (κ3) is 7.80. The van der Waals surface area contributed by atoms with Gasteiger partial charge in [0, 0.05) is 5.02 Å². The van der Waals surface area contributed by atoms with Gasteiger partial charge in [-0.3, -0.25) is 9.59 Å². The Balaban J connectivity index is 0.000000251. The highest BCUT2D eigenvalue weighted by atomic mass is 35.5. The lowest BCUT2D eigenvalue weighted by Crippen LogP contribution is -2.32. The number of halogens is 1. The first-order valence-electron chi connectivity index (χ1n) is 7.55. The molecule has 0 saturated heterocycles. The van der Waals surface area contributed by atoms with E-state index in [0.29, 0.717) is 11.4 Å². The van der Waals surface area contributed by atoms with Crippen LogP contribution in [-0.2, 0) is 22.4 Å². The molecule has 0 radical (unpaired) electrons. The topological polar surface area (TPSA) is 127 Å². The molecule has 0 spiro atoms. The molecule has 0 aliphatic carbocycles. The number of hydrogen-bond donors (Lipinski definition) is 4. The molecule has 0 aliphatic rings. The maximum absolute atomic E-state index is 10.4. The van der Waals surface area contributed by atoms with Crippen molar-refractivity contribution < 1.29 is 19.8 Å². The Morgan fingerprint density at radius 2 is 1.32 bits per heavy atom. The van der Waals surface area contributed by atoms with E-state index in [4.69, 9.17) is 33.3 Å². The van der Waals surface area contributed by atoms with Gasteiger partial charge in [-0.1, -0.05) is 60.1 Å². The Hall–Kier alpha value is -2.41. The summed E-state index contributed by atoms with van der Waals surface area (Å²) < 4.78 is 0. The van der Waals surface area contributed by atoms with Crippen molar-refractivity contribution in [2.24, 2.45) is 11.5 Å². The van der Waals surface area contributed by atoms with Gasteiger partial charge in [0.2, 0.25) is 0 Å². The van der Waals surface area contributed by atoms with Crippen LogP contribution in [0.2, 0.25) is 5.02 Å². The Morgan fingerprint density at radius 3 is 1.84 bits per heavy atom. The monoisotopic (exact) mass is 364 g/mol. The van der Waals surface area contributed by atoms with Crippen molar-refractivity contribution in [3.63, 3.8) is 0 Å². The number of rotatable bonds is 6. The number of nitrogens with two attached hydrogens (primary N) is 2. The maximum Gasteiger partial charge on any atom is 0.320 e. The summed E-state index contributed by atoms with van der Waals surface area (Å²) in [6, 6.07) is 14.7. The standard InChI is InChI=1S/C9H10ClNO2.C9H11NO2/c10-7-4-2-1-3-6(7)5-8(11)9(12)13;10-8(9(11)12)6-7-4-2-1-3-5-7/h1-4,8H,5,11H2,(H,12,13);1-5,8H,6,10H2,(H,11,12)/t2*8-/m00/s1. The number of carboxylic acid groups (broad SMARTS) is 2. The fourth-order valence-corrected chi connectivity index (χ4v) is 2.16. The number of hydrogen-bond acceptors (Lipinski definition) is 4. The summed E-state index contributed by atoms with van der Waals surface area (Å²) in [6.07, 6.45) is 0.644. The van der Waals surface area contributed by atoms with E-state index < -0.39 is 24.0 Å². The summed E-state index contributed by atoms with van der Waals surface area (Å²) in [4.78, 5) is 20.8. The van der Waals surface area contributed by atoms with Gasteiger partial charge in [-0.05, 0) is 30.0 Å². The molecule has 0 aromatic heterocycles. The van der Waals surface area contributed by atoms with Gasteiger partial charge >= 0.3 is 11.9 Å². The number of carbonyl (C=O) groups is 2. The largest absolute Gasteiger partial charge is 0.480 e. The van der Waals surface area contributed by atoms with Crippen molar-refractivity contribution in [3.05, 3.63) is 70.7 Å². The molecular weight excluding hydrogens is 344 g/mol. The Morgan fingerprint density at radius 1 is 0.840 bits per heavy atom. The van der Waals surface area contributed by atoms with Crippen molar-refractivity contribution in [2.75, 3.05) is 0 Å². The SMILES string of the molecule is N[C@@H](Cc1ccccc1)C(=O)O.N[C@@H](Cc1ccccc1Cl)C(=O)O. The van der Waals surface area contributed by atoms with E-state index >= 15 is 0 Å². The number of benzene rings is 2. The van der Waals surface area contributed by atoms with Crippen molar-refractivity contribution in [1.29, 1.82) is 0 Å². The van der Waals surface area contributed by atoms with Gasteiger partial charge in [0.1, 0.15) is 12.1 Å². The third-order valence-electron chi connectivity index (χ3n) is 3.33. The van der Waals surface area contributed by atoms with Gasteiger partial charge in [0.25, 0.3) is 0 Å². The zero-order chi connectivity index (χ0) is 18.8. The minimum atomic E-state index is -1.01. The highest BCUT2D eigenvalue weighted by Crippen LogP contribution is 2.16. The lowest BCUT2D eigenvalue weighted by atomic mass is 10.1. The van der Waals surface area contributed by atoms with Crippen LogP contribution in [0.5, 0.6) is 0 Å². The molecule has 6 N–H and O–H groups in total. The molecule has 2 atom stereocenters. The number of aliphatic carboxylic acids is 2. The van der Waals surface area contributed by atoms with Gasteiger partial charge in [0.15, 0.2) is 0 Å². The Bertz CT molecular complexity index is 694. The van der Waals surface area contributed by atoms with E-state index in [1.165, 1.54) is 0 Å². The van der Waals surface area contributed by atoms with E-state index in [1.807, 2.05) is 30.3 Å². The van der Waals surface area contributed by atoms with Crippen LogP contribution in [-0.4, -0.2) is 34.2 Å². The summed E-state index contributed by atoms with van der Waals surface area (Å²) in [5.74, 6) is -1.97. The zero-order valence-electron chi connectivity index (χ0n) is 13.5. The molecule has 0 bridgehead atoms. The van der Waals surface area contributed by atoms with Crippen molar-refractivity contribution in [2.45, 2.75) is 24.9 Å². The fourth-order valence-electron chi connectivity index (χ4n) is 1.94. The first kappa shape index (κ1) is 20.6. The zero-order valence-corrected chi connectivity index (χ0v) is 14.3. The molecule has 6 nitrogen and oxygen atoms in total. The normalized spacial score (nSPS) is 12.4. The van der Waals surface area contributed by atoms with Crippen LogP contribution in [0.25, 0.3) is 0 Å². The molecule has 134 valence electrons. The van der Waals surface area contributed by atoms with Crippen molar-refractivity contribution >= 4 is 23.5 Å². The van der Waals surface area contributed by atoms with Gasteiger partial charge < -0.3 is 21.7 Å². The highest BCUT2D eigenvalue weighted by molar-refractivity contribution is 6.31. The van der Waals surface area contributed by atoms with E-state index in [2.05, 4.69) is 0 Å². The van der Waals surface area contributed by atoms with Crippen LogP contribution in [0, 0.1) is 0 Å².